The number of alkyl halides is 1. The number of hydrogen-bond acceptors (Lipinski definition) is 1. The third-order valence-electron chi connectivity index (χ3n) is 1.91. The lowest BCUT2D eigenvalue weighted by Crippen LogP contribution is -2.28. The van der Waals surface area contributed by atoms with Crippen molar-refractivity contribution < 1.29 is 4.79 Å². The van der Waals surface area contributed by atoms with Crippen molar-refractivity contribution in [2.24, 2.45) is 0 Å². The molecule has 0 N–H and O–H groups in total. The van der Waals surface area contributed by atoms with Crippen molar-refractivity contribution >= 4 is 28.5 Å². The molecule has 1 amide bonds. The summed E-state index contributed by atoms with van der Waals surface area (Å²) in [5, 5.41) is 0. The van der Waals surface area contributed by atoms with Crippen LogP contribution in [-0.2, 0) is 4.79 Å². The average molecular weight is 267 g/mol. The third-order valence-corrected chi connectivity index (χ3v) is 2.36. The summed E-state index contributed by atoms with van der Waals surface area (Å²) < 4.78 is 0.473. The van der Waals surface area contributed by atoms with Gasteiger partial charge in [0.05, 0.1) is 0 Å². The summed E-state index contributed by atoms with van der Waals surface area (Å²) in [6.45, 7) is 4.05. The molecule has 0 bridgehead atoms. The molecular formula is C8H14INO. The van der Waals surface area contributed by atoms with Crippen LogP contribution < -0.4 is 0 Å². The van der Waals surface area contributed by atoms with Crippen molar-refractivity contribution in [3.63, 3.8) is 0 Å². The van der Waals surface area contributed by atoms with Crippen molar-refractivity contribution in [2.45, 2.75) is 30.1 Å². The van der Waals surface area contributed by atoms with E-state index in [0.717, 1.165) is 13.1 Å². The minimum atomic E-state index is 0.337. The predicted octanol–water partition coefficient (Wildman–Crippen LogP) is 1.82. The van der Waals surface area contributed by atoms with Crippen LogP contribution in [0.15, 0.2) is 0 Å². The first kappa shape index (κ1) is 9.29. The lowest BCUT2D eigenvalue weighted by atomic mass is 10.3. The fourth-order valence-corrected chi connectivity index (χ4v) is 1.71. The molecule has 0 saturated carbocycles. The van der Waals surface area contributed by atoms with Gasteiger partial charge in [-0.2, -0.15) is 0 Å². The Morgan fingerprint density at radius 2 is 2.09 bits per heavy atom. The van der Waals surface area contributed by atoms with Crippen molar-refractivity contribution in [1.82, 2.24) is 4.90 Å². The molecule has 1 aliphatic heterocycles. The molecule has 1 heterocycles. The van der Waals surface area contributed by atoms with Gasteiger partial charge < -0.3 is 4.90 Å². The van der Waals surface area contributed by atoms with Crippen LogP contribution in [0.1, 0.15) is 26.2 Å². The zero-order valence-electron chi connectivity index (χ0n) is 6.85. The van der Waals surface area contributed by atoms with Crippen molar-refractivity contribution in [3.8, 4) is 0 Å². The molecule has 1 fully saturated rings. The molecule has 0 aliphatic carbocycles. The maximum Gasteiger partial charge on any atom is 0.223 e. The van der Waals surface area contributed by atoms with Crippen LogP contribution in [0.5, 0.6) is 0 Å². The van der Waals surface area contributed by atoms with E-state index in [4.69, 9.17) is 0 Å². The van der Waals surface area contributed by atoms with Crippen LogP contribution in [0.3, 0.4) is 0 Å². The van der Waals surface area contributed by atoms with Gasteiger partial charge >= 0.3 is 0 Å². The first-order valence-corrected chi connectivity index (χ1v) is 5.36. The van der Waals surface area contributed by atoms with Crippen LogP contribution in [0.25, 0.3) is 0 Å². The van der Waals surface area contributed by atoms with Gasteiger partial charge in [-0.3, -0.25) is 4.79 Å². The average Bonchev–Trinajstić information content (AvgIpc) is 2.35. The number of likely N-dealkylation sites (tertiary alicyclic amines) is 1. The van der Waals surface area contributed by atoms with Gasteiger partial charge in [0.15, 0.2) is 0 Å². The Labute approximate surface area is 81.5 Å². The number of rotatable bonds is 2. The highest BCUT2D eigenvalue weighted by molar-refractivity contribution is 14.1. The minimum absolute atomic E-state index is 0.337. The Bertz CT molecular complexity index is 141. The lowest BCUT2D eigenvalue weighted by molar-refractivity contribution is -0.129. The highest BCUT2D eigenvalue weighted by atomic mass is 127. The van der Waals surface area contributed by atoms with Crippen LogP contribution in [0.4, 0.5) is 0 Å². The largest absolute Gasteiger partial charge is 0.343 e. The summed E-state index contributed by atoms with van der Waals surface area (Å²) in [6.07, 6.45) is 3.10. The van der Waals surface area contributed by atoms with Crippen molar-refractivity contribution in [1.29, 1.82) is 0 Å². The van der Waals surface area contributed by atoms with Gasteiger partial charge in [-0.15, -0.1) is 0 Å². The molecule has 1 atom stereocenters. The predicted molar refractivity (Wildman–Crippen MR) is 53.9 cm³/mol. The maximum atomic E-state index is 11.4. The molecule has 0 radical (unpaired) electrons. The topological polar surface area (TPSA) is 20.3 Å². The van der Waals surface area contributed by atoms with Crippen LogP contribution in [0, 0.1) is 0 Å². The molecule has 64 valence electrons. The molecule has 1 saturated heterocycles. The Morgan fingerprint density at radius 3 is 2.55 bits per heavy atom. The zero-order valence-corrected chi connectivity index (χ0v) is 9.00. The van der Waals surface area contributed by atoms with E-state index in [1.54, 1.807) is 0 Å². The highest BCUT2D eigenvalue weighted by Gasteiger charge is 2.18. The molecule has 3 heteroatoms. The number of carbonyl (C=O) groups excluding carboxylic acids is 1. The van der Waals surface area contributed by atoms with E-state index in [0.29, 0.717) is 16.3 Å². The normalized spacial score (nSPS) is 20.4. The van der Waals surface area contributed by atoms with E-state index in [9.17, 15) is 4.79 Å². The summed E-state index contributed by atoms with van der Waals surface area (Å²) in [4.78, 5) is 13.4. The molecule has 1 rings (SSSR count). The smallest absolute Gasteiger partial charge is 0.223 e. The van der Waals surface area contributed by atoms with Crippen LogP contribution in [-0.4, -0.2) is 27.8 Å². The van der Waals surface area contributed by atoms with Gasteiger partial charge in [-0.1, -0.05) is 29.5 Å². The van der Waals surface area contributed by atoms with Gasteiger partial charge in [-0.05, 0) is 12.8 Å². The van der Waals surface area contributed by atoms with E-state index in [-0.39, 0.29) is 0 Å². The van der Waals surface area contributed by atoms with Crippen molar-refractivity contribution in [2.75, 3.05) is 13.1 Å². The van der Waals surface area contributed by atoms with Crippen LogP contribution >= 0.6 is 22.6 Å². The van der Waals surface area contributed by atoms with Gasteiger partial charge in [-0.25, -0.2) is 0 Å². The SMILES string of the molecule is CC(I)CC(=O)N1CCCC1. The van der Waals surface area contributed by atoms with E-state index in [1.165, 1.54) is 12.8 Å². The number of amides is 1. The molecule has 1 unspecified atom stereocenters. The lowest BCUT2D eigenvalue weighted by Gasteiger charge is -2.15. The Balaban J connectivity index is 2.28. The van der Waals surface area contributed by atoms with E-state index in [1.807, 2.05) is 4.90 Å². The van der Waals surface area contributed by atoms with Gasteiger partial charge in [0.2, 0.25) is 5.91 Å². The molecule has 0 spiro atoms. The van der Waals surface area contributed by atoms with E-state index < -0.39 is 0 Å². The Hall–Kier alpha value is 0.200. The quantitative estimate of drug-likeness (QED) is 0.552. The summed E-state index contributed by atoms with van der Waals surface area (Å²) in [5.74, 6) is 0.337. The fourth-order valence-electron chi connectivity index (χ4n) is 1.34. The highest BCUT2D eigenvalue weighted by Crippen LogP contribution is 2.12. The molecule has 11 heavy (non-hydrogen) atoms. The first-order valence-electron chi connectivity index (χ1n) is 4.12. The summed E-state index contributed by atoms with van der Waals surface area (Å²) in [5.41, 5.74) is 0. The Kier molecular flexibility index (Phi) is 3.62. The molecular weight excluding hydrogens is 253 g/mol. The van der Waals surface area contributed by atoms with Crippen LogP contribution in [0.2, 0.25) is 0 Å². The van der Waals surface area contributed by atoms with Gasteiger partial charge in [0.25, 0.3) is 0 Å². The molecule has 0 aromatic heterocycles. The first-order chi connectivity index (χ1) is 5.20. The monoisotopic (exact) mass is 267 g/mol. The second kappa shape index (κ2) is 4.28. The second-order valence-corrected chi connectivity index (χ2v) is 5.20. The molecule has 0 aromatic carbocycles. The van der Waals surface area contributed by atoms with E-state index >= 15 is 0 Å². The fraction of sp³-hybridized carbons (Fsp3) is 0.875. The number of nitrogens with zero attached hydrogens (tertiary/aromatic N) is 1. The summed E-state index contributed by atoms with van der Waals surface area (Å²) in [6, 6.07) is 0. The summed E-state index contributed by atoms with van der Waals surface area (Å²) in [7, 11) is 0. The number of hydrogen-bond donors (Lipinski definition) is 0. The second-order valence-electron chi connectivity index (χ2n) is 3.07. The van der Waals surface area contributed by atoms with Gasteiger partial charge in [0, 0.05) is 23.4 Å². The number of carbonyl (C=O) groups is 1. The molecule has 2 nitrogen and oxygen atoms in total. The van der Waals surface area contributed by atoms with E-state index in [2.05, 4.69) is 29.5 Å². The standard InChI is InChI=1S/C8H14INO/c1-7(9)6-8(11)10-4-2-3-5-10/h7H,2-6H2,1H3. The minimum Gasteiger partial charge on any atom is -0.343 e. The number of halogens is 1. The molecule has 0 aromatic rings. The Morgan fingerprint density at radius 1 is 1.55 bits per heavy atom. The third kappa shape index (κ3) is 2.97. The van der Waals surface area contributed by atoms with Gasteiger partial charge in [0.1, 0.15) is 0 Å². The zero-order chi connectivity index (χ0) is 8.27. The molecule has 1 aliphatic rings. The van der Waals surface area contributed by atoms with Crippen molar-refractivity contribution in [3.05, 3.63) is 0 Å². The summed E-state index contributed by atoms with van der Waals surface area (Å²) >= 11 is 2.30. The maximum absolute atomic E-state index is 11.4.